The third-order valence-electron chi connectivity index (χ3n) is 2.03. The van der Waals surface area contributed by atoms with E-state index in [1.807, 2.05) is 6.07 Å². The molecule has 0 aliphatic rings. The zero-order valence-electron chi connectivity index (χ0n) is 8.36. The SMILES string of the molecule is CN(C)CCC(N)Cc1ccoc1. The Morgan fingerprint density at radius 2 is 2.31 bits per heavy atom. The van der Waals surface area contributed by atoms with E-state index in [4.69, 9.17) is 10.2 Å². The maximum absolute atomic E-state index is 5.94. The summed E-state index contributed by atoms with van der Waals surface area (Å²) in [6.45, 7) is 1.04. The Labute approximate surface area is 79.5 Å². The fraction of sp³-hybridized carbons (Fsp3) is 0.600. The van der Waals surface area contributed by atoms with Crippen LogP contribution < -0.4 is 5.73 Å². The molecular formula is C10H18N2O. The highest BCUT2D eigenvalue weighted by molar-refractivity contribution is 5.06. The maximum Gasteiger partial charge on any atom is 0.0935 e. The van der Waals surface area contributed by atoms with E-state index in [9.17, 15) is 0 Å². The molecule has 1 heterocycles. The van der Waals surface area contributed by atoms with E-state index < -0.39 is 0 Å². The van der Waals surface area contributed by atoms with E-state index in [2.05, 4.69) is 19.0 Å². The van der Waals surface area contributed by atoms with E-state index >= 15 is 0 Å². The highest BCUT2D eigenvalue weighted by atomic mass is 16.3. The van der Waals surface area contributed by atoms with Crippen molar-refractivity contribution in [2.45, 2.75) is 18.9 Å². The van der Waals surface area contributed by atoms with Crippen LogP contribution in [-0.2, 0) is 6.42 Å². The lowest BCUT2D eigenvalue weighted by Gasteiger charge is -2.14. The molecule has 0 aliphatic carbocycles. The molecule has 1 atom stereocenters. The summed E-state index contributed by atoms with van der Waals surface area (Å²) >= 11 is 0. The van der Waals surface area contributed by atoms with Crippen molar-refractivity contribution in [2.24, 2.45) is 5.73 Å². The monoisotopic (exact) mass is 182 g/mol. The second-order valence-corrected chi connectivity index (χ2v) is 3.69. The summed E-state index contributed by atoms with van der Waals surface area (Å²) in [4.78, 5) is 2.15. The quantitative estimate of drug-likeness (QED) is 0.741. The van der Waals surface area contributed by atoms with Gasteiger partial charge in [-0.15, -0.1) is 0 Å². The summed E-state index contributed by atoms with van der Waals surface area (Å²) in [5, 5.41) is 0. The minimum absolute atomic E-state index is 0.236. The molecule has 0 aliphatic heterocycles. The molecule has 1 aromatic rings. The van der Waals surface area contributed by atoms with Crippen LogP contribution in [0.3, 0.4) is 0 Å². The van der Waals surface area contributed by atoms with Crippen LogP contribution in [0.15, 0.2) is 23.0 Å². The number of hydrogen-bond donors (Lipinski definition) is 1. The van der Waals surface area contributed by atoms with Gasteiger partial charge in [0.05, 0.1) is 12.5 Å². The Balaban J connectivity index is 2.22. The van der Waals surface area contributed by atoms with Crippen molar-refractivity contribution in [1.29, 1.82) is 0 Å². The van der Waals surface area contributed by atoms with Crippen LogP contribution >= 0.6 is 0 Å². The summed E-state index contributed by atoms with van der Waals surface area (Å²) in [6, 6.07) is 2.20. The molecule has 0 aromatic carbocycles. The molecule has 74 valence electrons. The van der Waals surface area contributed by atoms with Crippen molar-refractivity contribution in [2.75, 3.05) is 20.6 Å². The largest absolute Gasteiger partial charge is 0.472 e. The van der Waals surface area contributed by atoms with Gasteiger partial charge in [-0.3, -0.25) is 0 Å². The molecule has 0 saturated carbocycles. The average molecular weight is 182 g/mol. The molecule has 3 nitrogen and oxygen atoms in total. The Morgan fingerprint density at radius 3 is 2.85 bits per heavy atom. The van der Waals surface area contributed by atoms with Gasteiger partial charge in [-0.25, -0.2) is 0 Å². The van der Waals surface area contributed by atoms with E-state index in [-0.39, 0.29) is 6.04 Å². The van der Waals surface area contributed by atoms with Crippen molar-refractivity contribution in [3.05, 3.63) is 24.2 Å². The molecule has 3 heteroatoms. The zero-order chi connectivity index (χ0) is 9.68. The van der Waals surface area contributed by atoms with Gasteiger partial charge in [-0.05, 0) is 45.1 Å². The van der Waals surface area contributed by atoms with Gasteiger partial charge in [0.25, 0.3) is 0 Å². The summed E-state index contributed by atoms with van der Waals surface area (Å²) in [6.07, 6.45) is 5.38. The normalized spacial score (nSPS) is 13.5. The van der Waals surface area contributed by atoms with Gasteiger partial charge in [-0.1, -0.05) is 0 Å². The first-order valence-electron chi connectivity index (χ1n) is 4.60. The molecule has 1 unspecified atom stereocenters. The minimum atomic E-state index is 0.236. The Kier molecular flexibility index (Phi) is 3.99. The number of furan rings is 1. The minimum Gasteiger partial charge on any atom is -0.472 e. The highest BCUT2D eigenvalue weighted by Crippen LogP contribution is 2.04. The summed E-state index contributed by atoms with van der Waals surface area (Å²) in [7, 11) is 4.12. The summed E-state index contributed by atoms with van der Waals surface area (Å²) < 4.78 is 4.97. The Bertz CT molecular complexity index is 219. The summed E-state index contributed by atoms with van der Waals surface area (Å²) in [5.74, 6) is 0. The number of rotatable bonds is 5. The van der Waals surface area contributed by atoms with Gasteiger partial charge < -0.3 is 15.1 Å². The first-order chi connectivity index (χ1) is 6.18. The molecule has 0 radical (unpaired) electrons. The van der Waals surface area contributed by atoms with E-state index in [0.29, 0.717) is 0 Å². The van der Waals surface area contributed by atoms with Crippen molar-refractivity contribution in [3.8, 4) is 0 Å². The number of hydrogen-bond acceptors (Lipinski definition) is 3. The molecule has 2 N–H and O–H groups in total. The molecule has 0 fully saturated rings. The Hall–Kier alpha value is -0.800. The lowest BCUT2D eigenvalue weighted by molar-refractivity contribution is 0.379. The van der Waals surface area contributed by atoms with Crippen molar-refractivity contribution in [3.63, 3.8) is 0 Å². The standard InChI is InChI=1S/C10H18N2O/c1-12(2)5-3-10(11)7-9-4-6-13-8-9/h4,6,8,10H,3,5,7,11H2,1-2H3. The zero-order valence-corrected chi connectivity index (χ0v) is 8.36. The smallest absolute Gasteiger partial charge is 0.0935 e. The van der Waals surface area contributed by atoms with Gasteiger partial charge in [0.15, 0.2) is 0 Å². The molecule has 1 aromatic heterocycles. The third kappa shape index (κ3) is 4.10. The molecule has 0 saturated heterocycles. The van der Waals surface area contributed by atoms with Gasteiger partial charge in [0.2, 0.25) is 0 Å². The van der Waals surface area contributed by atoms with E-state index in [0.717, 1.165) is 19.4 Å². The van der Waals surface area contributed by atoms with Crippen molar-refractivity contribution >= 4 is 0 Å². The number of nitrogens with zero attached hydrogens (tertiary/aromatic N) is 1. The van der Waals surface area contributed by atoms with Gasteiger partial charge in [0.1, 0.15) is 0 Å². The lowest BCUT2D eigenvalue weighted by atomic mass is 10.1. The summed E-state index contributed by atoms with van der Waals surface area (Å²) in [5.41, 5.74) is 7.13. The predicted molar refractivity (Wildman–Crippen MR) is 53.6 cm³/mol. The van der Waals surface area contributed by atoms with Gasteiger partial charge in [0, 0.05) is 6.04 Å². The third-order valence-corrected chi connectivity index (χ3v) is 2.03. The molecular weight excluding hydrogens is 164 g/mol. The Morgan fingerprint density at radius 1 is 1.54 bits per heavy atom. The highest BCUT2D eigenvalue weighted by Gasteiger charge is 2.05. The van der Waals surface area contributed by atoms with Crippen LogP contribution in [0, 0.1) is 0 Å². The first kappa shape index (κ1) is 10.3. The van der Waals surface area contributed by atoms with Crippen LogP contribution in [0.4, 0.5) is 0 Å². The van der Waals surface area contributed by atoms with Crippen molar-refractivity contribution < 1.29 is 4.42 Å². The second kappa shape index (κ2) is 5.04. The fourth-order valence-electron chi connectivity index (χ4n) is 1.24. The molecule has 0 spiro atoms. The predicted octanol–water partition coefficient (Wildman–Crippen LogP) is 1.10. The number of nitrogens with two attached hydrogens (primary N) is 1. The molecule has 13 heavy (non-hydrogen) atoms. The molecule has 0 amide bonds. The van der Waals surface area contributed by atoms with E-state index in [1.54, 1.807) is 12.5 Å². The van der Waals surface area contributed by atoms with Crippen molar-refractivity contribution in [1.82, 2.24) is 4.90 Å². The van der Waals surface area contributed by atoms with Crippen LogP contribution in [-0.4, -0.2) is 31.6 Å². The maximum atomic E-state index is 5.94. The van der Waals surface area contributed by atoms with Crippen LogP contribution in [0.1, 0.15) is 12.0 Å². The van der Waals surface area contributed by atoms with Crippen LogP contribution in [0.2, 0.25) is 0 Å². The molecule has 1 rings (SSSR count). The first-order valence-corrected chi connectivity index (χ1v) is 4.60. The fourth-order valence-corrected chi connectivity index (χ4v) is 1.24. The topological polar surface area (TPSA) is 42.4 Å². The van der Waals surface area contributed by atoms with Gasteiger partial charge in [-0.2, -0.15) is 0 Å². The lowest BCUT2D eigenvalue weighted by Crippen LogP contribution is -2.27. The average Bonchev–Trinajstić information content (AvgIpc) is 2.53. The van der Waals surface area contributed by atoms with Crippen LogP contribution in [0.25, 0.3) is 0 Å². The van der Waals surface area contributed by atoms with Crippen LogP contribution in [0.5, 0.6) is 0 Å². The second-order valence-electron chi connectivity index (χ2n) is 3.69. The van der Waals surface area contributed by atoms with E-state index in [1.165, 1.54) is 5.56 Å². The molecule has 0 bridgehead atoms. The van der Waals surface area contributed by atoms with Gasteiger partial charge >= 0.3 is 0 Å².